The molecule has 0 unspecified atom stereocenters. The van der Waals surface area contributed by atoms with Crippen LogP contribution in [0.2, 0.25) is 0 Å². The van der Waals surface area contributed by atoms with Crippen LogP contribution in [0.4, 0.5) is 37.7 Å². The van der Waals surface area contributed by atoms with Gasteiger partial charge in [-0.05, 0) is 157 Å². The van der Waals surface area contributed by atoms with Crippen molar-refractivity contribution in [1.29, 1.82) is 0 Å². The maximum atomic E-state index is 13.6. The summed E-state index contributed by atoms with van der Waals surface area (Å²) in [6.45, 7) is 16.8. The smallest absolute Gasteiger partial charge is 0.421 e. The lowest BCUT2D eigenvalue weighted by Crippen LogP contribution is -2.43. The lowest BCUT2D eigenvalue weighted by atomic mass is 9.82. The number of rotatable bonds is 14. The van der Waals surface area contributed by atoms with Gasteiger partial charge in [0.05, 0.1) is 29.6 Å². The number of carbonyl (C=O) groups is 4. The van der Waals surface area contributed by atoms with Crippen molar-refractivity contribution >= 4 is 41.2 Å². The van der Waals surface area contributed by atoms with Gasteiger partial charge in [-0.1, -0.05) is 33.4 Å². The molecule has 2 aliphatic rings. The number of esters is 1. The summed E-state index contributed by atoms with van der Waals surface area (Å²) in [6.07, 6.45) is 1.52. The van der Waals surface area contributed by atoms with Crippen LogP contribution in [-0.4, -0.2) is 58.0 Å². The van der Waals surface area contributed by atoms with Crippen molar-refractivity contribution in [3.8, 4) is 23.3 Å². The number of aromatic carboxylic acids is 1. The number of methoxy groups -OCH3 is 1. The summed E-state index contributed by atoms with van der Waals surface area (Å²) >= 11 is 0. The number of hydrogen-bond donors (Lipinski definition) is 1. The zero-order valence-corrected chi connectivity index (χ0v) is 41.2. The number of pyridine rings is 2. The van der Waals surface area contributed by atoms with Gasteiger partial charge in [0.25, 0.3) is 0 Å². The summed E-state index contributed by atoms with van der Waals surface area (Å²) in [5.41, 5.74) is -1.24. The standard InChI is InChI=1S/C27H31F3N2O4.C26H31F3N2O4/c1-6-18-13-22(27(28,29)30)24(31-15-18)36-20-11-12-23(21(14-20)26(34)35-5)32(16(2)3)25(33)19-9-7-17(4)8-10-19;1-5-17-12-21(26(27,28)29)23(30-14-17)35-19-10-11-22(20(13-19)25(33)34)31(15(2)3)24(32)18-8-6-16(4)7-9-18/h6,11-17,19H,1,7-10H2,2-5H3;10-16,18H,5-9H2,1-4H3,(H,33,34). The van der Waals surface area contributed by atoms with E-state index in [1.165, 1.54) is 60.8 Å². The average Bonchev–Trinajstić information content (AvgIpc) is 3.32. The third-order valence-electron chi connectivity index (χ3n) is 12.8. The van der Waals surface area contributed by atoms with Gasteiger partial charge in [-0.25, -0.2) is 19.6 Å². The number of benzene rings is 2. The van der Waals surface area contributed by atoms with Crippen LogP contribution in [0.15, 0.2) is 67.5 Å². The Morgan fingerprint density at radius 2 is 1.11 bits per heavy atom. The third kappa shape index (κ3) is 13.9. The van der Waals surface area contributed by atoms with Crippen molar-refractivity contribution in [3.05, 3.63) is 101 Å². The lowest BCUT2D eigenvalue weighted by molar-refractivity contribution is -0.139. The molecule has 2 amide bonds. The highest BCUT2D eigenvalue weighted by Gasteiger charge is 2.39. The highest BCUT2D eigenvalue weighted by molar-refractivity contribution is 6.04. The number of halogens is 6. The number of hydrogen-bond acceptors (Lipinski definition) is 9. The largest absolute Gasteiger partial charge is 0.478 e. The normalized spacial score (nSPS) is 18.2. The fourth-order valence-corrected chi connectivity index (χ4v) is 8.79. The van der Waals surface area contributed by atoms with Gasteiger partial charge in [0, 0.05) is 36.3 Å². The van der Waals surface area contributed by atoms with Crippen molar-refractivity contribution in [2.75, 3.05) is 16.9 Å². The van der Waals surface area contributed by atoms with E-state index in [1.54, 1.807) is 25.7 Å². The molecular weight excluding hydrogens is 935 g/mol. The third-order valence-corrected chi connectivity index (χ3v) is 12.8. The lowest BCUT2D eigenvalue weighted by Gasteiger charge is -2.34. The average molecular weight is 997 g/mol. The summed E-state index contributed by atoms with van der Waals surface area (Å²) in [7, 11) is 1.20. The van der Waals surface area contributed by atoms with Crippen LogP contribution in [0.1, 0.15) is 143 Å². The van der Waals surface area contributed by atoms with Gasteiger partial charge in [0.1, 0.15) is 22.6 Å². The summed E-state index contributed by atoms with van der Waals surface area (Å²) in [4.78, 5) is 62.3. The molecule has 18 heteroatoms. The Bertz CT molecular complexity index is 2550. The Kier molecular flexibility index (Phi) is 18.5. The molecule has 71 heavy (non-hydrogen) atoms. The molecule has 1 N–H and O–H groups in total. The molecule has 2 aliphatic carbocycles. The minimum atomic E-state index is -4.72. The first-order chi connectivity index (χ1) is 33.4. The molecule has 2 fully saturated rings. The minimum absolute atomic E-state index is 0.0116. The summed E-state index contributed by atoms with van der Waals surface area (Å²) in [6, 6.07) is 9.37. The number of aromatic nitrogens is 2. The molecule has 0 atom stereocenters. The van der Waals surface area contributed by atoms with Gasteiger partial charge >= 0.3 is 24.3 Å². The van der Waals surface area contributed by atoms with Crippen LogP contribution < -0.4 is 19.3 Å². The highest BCUT2D eigenvalue weighted by Crippen LogP contribution is 2.42. The Morgan fingerprint density at radius 1 is 0.690 bits per heavy atom. The van der Waals surface area contributed by atoms with E-state index in [0.29, 0.717) is 29.5 Å². The summed E-state index contributed by atoms with van der Waals surface area (Å²) < 4.78 is 97.3. The number of alkyl halides is 6. The second kappa shape index (κ2) is 23.6. The first kappa shape index (κ1) is 55.5. The number of nitrogens with zero attached hydrogens (tertiary/aromatic N) is 4. The number of anilines is 2. The van der Waals surface area contributed by atoms with E-state index in [2.05, 4.69) is 30.4 Å². The van der Waals surface area contributed by atoms with Gasteiger partial charge in [0.15, 0.2) is 0 Å². The number of carbonyl (C=O) groups excluding carboxylic acids is 3. The van der Waals surface area contributed by atoms with Crippen molar-refractivity contribution in [1.82, 2.24) is 9.97 Å². The summed E-state index contributed by atoms with van der Waals surface area (Å²) in [5.74, 6) is -2.99. The van der Waals surface area contributed by atoms with E-state index < -0.39 is 47.2 Å². The molecule has 4 aromatic rings. The van der Waals surface area contributed by atoms with E-state index in [1.807, 2.05) is 13.8 Å². The molecule has 0 saturated heterocycles. The molecule has 0 aliphatic heterocycles. The Hall–Kier alpha value is -6.46. The maximum Gasteiger partial charge on any atom is 0.421 e. The Morgan fingerprint density at radius 3 is 1.51 bits per heavy atom. The first-order valence-corrected chi connectivity index (χ1v) is 23.8. The van der Waals surface area contributed by atoms with Gasteiger partial charge < -0.3 is 29.1 Å². The number of carboxylic acid groups (broad SMARTS) is 1. The van der Waals surface area contributed by atoms with E-state index >= 15 is 0 Å². The number of aryl methyl sites for hydroxylation is 1. The van der Waals surface area contributed by atoms with Crippen LogP contribution in [0.3, 0.4) is 0 Å². The molecule has 6 rings (SSSR count). The summed E-state index contributed by atoms with van der Waals surface area (Å²) in [5, 5.41) is 9.88. The quantitative estimate of drug-likeness (QED) is 0.0956. The predicted molar refractivity (Wildman–Crippen MR) is 257 cm³/mol. The van der Waals surface area contributed by atoms with Gasteiger partial charge in [-0.3, -0.25) is 9.59 Å². The molecule has 12 nitrogen and oxygen atoms in total. The zero-order valence-electron chi connectivity index (χ0n) is 41.2. The molecule has 0 radical (unpaired) electrons. The van der Waals surface area contributed by atoms with Gasteiger partial charge in [-0.15, -0.1) is 0 Å². The van der Waals surface area contributed by atoms with Crippen molar-refractivity contribution in [2.45, 2.75) is 131 Å². The molecule has 2 heterocycles. The minimum Gasteiger partial charge on any atom is -0.478 e. The molecule has 2 aromatic heterocycles. The molecule has 0 bridgehead atoms. The second-order valence-electron chi connectivity index (χ2n) is 18.7. The van der Waals surface area contributed by atoms with E-state index in [0.717, 1.165) is 69.6 Å². The van der Waals surface area contributed by atoms with Gasteiger partial charge in [-0.2, -0.15) is 26.3 Å². The highest BCUT2D eigenvalue weighted by atomic mass is 19.4. The Balaban J connectivity index is 0.000000264. The molecule has 384 valence electrons. The SMILES string of the molecule is C=Cc1cnc(Oc2ccc(N(C(=O)C3CCC(C)CC3)C(C)C)c(C(=O)OC)c2)c(C(F)(F)F)c1.CCc1cnc(Oc2ccc(N(C(=O)C3CCC(C)CC3)C(C)C)c(C(=O)O)c2)c(C(F)(F)F)c1. The Labute approximate surface area is 410 Å². The van der Waals surface area contributed by atoms with Gasteiger partial charge in [0.2, 0.25) is 23.6 Å². The monoisotopic (exact) mass is 996 g/mol. The van der Waals surface area contributed by atoms with Crippen LogP contribution in [0, 0.1) is 23.7 Å². The van der Waals surface area contributed by atoms with E-state index in [9.17, 15) is 50.6 Å². The van der Waals surface area contributed by atoms with Crippen LogP contribution in [0.25, 0.3) is 6.08 Å². The van der Waals surface area contributed by atoms with Crippen molar-refractivity contribution in [3.63, 3.8) is 0 Å². The van der Waals surface area contributed by atoms with Crippen LogP contribution in [-0.2, 0) is 33.1 Å². The van der Waals surface area contributed by atoms with Crippen LogP contribution in [0.5, 0.6) is 23.3 Å². The van der Waals surface area contributed by atoms with E-state index in [4.69, 9.17) is 14.2 Å². The maximum absolute atomic E-state index is 13.6. The first-order valence-electron chi connectivity index (χ1n) is 23.8. The van der Waals surface area contributed by atoms with Crippen molar-refractivity contribution in [2.24, 2.45) is 23.7 Å². The fraction of sp³-hybridized carbons (Fsp3) is 0.472. The van der Waals surface area contributed by atoms with E-state index in [-0.39, 0.29) is 69.6 Å². The molecule has 2 saturated carbocycles. The predicted octanol–water partition coefficient (Wildman–Crippen LogP) is 13.6. The van der Waals surface area contributed by atoms with Crippen molar-refractivity contribution < 1.29 is 64.8 Å². The zero-order chi connectivity index (χ0) is 52.5. The molecular formula is C53H62F6N4O8. The number of amides is 2. The molecule has 0 spiro atoms. The molecule has 2 aromatic carbocycles. The number of ether oxygens (including phenoxy) is 3. The fourth-order valence-electron chi connectivity index (χ4n) is 8.79. The van der Waals surface area contributed by atoms with Crippen LogP contribution >= 0.6 is 0 Å². The second-order valence-corrected chi connectivity index (χ2v) is 18.7. The number of carboxylic acids is 1. The topological polar surface area (TPSA) is 148 Å².